The molecule has 3 rings (SSSR count). The van der Waals surface area contributed by atoms with Gasteiger partial charge in [0.25, 0.3) is 0 Å². The van der Waals surface area contributed by atoms with Gasteiger partial charge in [0.1, 0.15) is 5.75 Å². The van der Waals surface area contributed by atoms with Crippen molar-refractivity contribution in [1.29, 1.82) is 0 Å². The number of halogens is 1. The third-order valence-corrected chi connectivity index (χ3v) is 4.64. The molecule has 0 bridgehead atoms. The summed E-state index contributed by atoms with van der Waals surface area (Å²) in [5.41, 5.74) is 1.02. The van der Waals surface area contributed by atoms with E-state index in [-0.39, 0.29) is 11.7 Å². The summed E-state index contributed by atoms with van der Waals surface area (Å²) in [7, 11) is 1.66. The molecule has 116 valence electrons. The van der Waals surface area contributed by atoms with E-state index in [1.807, 2.05) is 18.2 Å². The van der Waals surface area contributed by atoms with Crippen LogP contribution in [0.25, 0.3) is 0 Å². The van der Waals surface area contributed by atoms with Crippen LogP contribution < -0.4 is 10.1 Å². The molecule has 1 aromatic rings. The molecule has 0 aromatic heterocycles. The second-order valence-corrected chi connectivity index (χ2v) is 6.27. The Morgan fingerprint density at radius 3 is 2.95 bits per heavy atom. The van der Waals surface area contributed by atoms with Crippen LogP contribution in [0.5, 0.6) is 5.75 Å². The SMILES string of the molecule is COc1ccc(Cl)cc1COC1COC2(CCNCC2)C1. The maximum atomic E-state index is 6.04. The fourth-order valence-electron chi connectivity index (χ4n) is 3.21. The number of hydrogen-bond acceptors (Lipinski definition) is 4. The van der Waals surface area contributed by atoms with Gasteiger partial charge in [0.05, 0.1) is 32.0 Å². The van der Waals surface area contributed by atoms with Crippen LogP contribution in [0.1, 0.15) is 24.8 Å². The first-order chi connectivity index (χ1) is 10.2. The molecule has 1 spiro atoms. The number of nitrogens with one attached hydrogen (secondary N) is 1. The molecule has 0 amide bonds. The lowest BCUT2D eigenvalue weighted by Gasteiger charge is -2.32. The molecule has 4 nitrogen and oxygen atoms in total. The van der Waals surface area contributed by atoms with Gasteiger partial charge in [-0.25, -0.2) is 0 Å². The molecule has 2 aliphatic heterocycles. The zero-order valence-electron chi connectivity index (χ0n) is 12.4. The summed E-state index contributed by atoms with van der Waals surface area (Å²) in [5.74, 6) is 0.815. The molecule has 21 heavy (non-hydrogen) atoms. The highest BCUT2D eigenvalue weighted by atomic mass is 35.5. The third-order valence-electron chi connectivity index (χ3n) is 4.41. The summed E-state index contributed by atoms with van der Waals surface area (Å²) in [4.78, 5) is 0. The molecule has 1 aromatic carbocycles. The van der Waals surface area contributed by atoms with Crippen molar-refractivity contribution in [3.8, 4) is 5.75 Å². The number of hydrogen-bond donors (Lipinski definition) is 1. The molecular formula is C16H22ClNO3. The highest BCUT2D eigenvalue weighted by Gasteiger charge is 2.41. The lowest BCUT2D eigenvalue weighted by atomic mass is 9.89. The van der Waals surface area contributed by atoms with E-state index >= 15 is 0 Å². The third kappa shape index (κ3) is 3.51. The van der Waals surface area contributed by atoms with Crippen LogP contribution in [0.15, 0.2) is 18.2 Å². The van der Waals surface area contributed by atoms with E-state index in [1.54, 1.807) is 7.11 Å². The first-order valence-electron chi connectivity index (χ1n) is 7.49. The van der Waals surface area contributed by atoms with E-state index in [9.17, 15) is 0 Å². The fourth-order valence-corrected chi connectivity index (χ4v) is 3.40. The molecule has 5 heteroatoms. The van der Waals surface area contributed by atoms with Crippen LogP contribution in [0, 0.1) is 0 Å². The van der Waals surface area contributed by atoms with Gasteiger partial charge in [-0.15, -0.1) is 0 Å². The maximum absolute atomic E-state index is 6.04. The Balaban J connectivity index is 1.57. The minimum absolute atomic E-state index is 0.0360. The number of rotatable bonds is 4. The molecule has 1 unspecified atom stereocenters. The lowest BCUT2D eigenvalue weighted by molar-refractivity contribution is -0.0241. The molecule has 2 heterocycles. The van der Waals surface area contributed by atoms with Gasteiger partial charge in [0.15, 0.2) is 0 Å². The number of benzene rings is 1. The van der Waals surface area contributed by atoms with Crippen LogP contribution in [-0.4, -0.2) is 38.5 Å². The summed E-state index contributed by atoms with van der Waals surface area (Å²) in [5, 5.41) is 4.08. The highest BCUT2D eigenvalue weighted by Crippen LogP contribution is 2.35. The van der Waals surface area contributed by atoms with Gasteiger partial charge in [0, 0.05) is 17.0 Å². The second-order valence-electron chi connectivity index (χ2n) is 5.84. The lowest BCUT2D eigenvalue weighted by Crippen LogP contribution is -2.41. The van der Waals surface area contributed by atoms with E-state index in [1.165, 1.54) is 0 Å². The molecule has 1 atom stereocenters. The van der Waals surface area contributed by atoms with E-state index < -0.39 is 0 Å². The monoisotopic (exact) mass is 311 g/mol. The summed E-state index contributed by atoms with van der Waals surface area (Å²) in [6.07, 6.45) is 3.30. The van der Waals surface area contributed by atoms with E-state index in [0.717, 1.165) is 43.7 Å². The number of methoxy groups -OCH3 is 1. The molecule has 0 saturated carbocycles. The van der Waals surface area contributed by atoms with Gasteiger partial charge >= 0.3 is 0 Å². The minimum atomic E-state index is 0.0360. The van der Waals surface area contributed by atoms with Crippen LogP contribution in [0.4, 0.5) is 0 Å². The van der Waals surface area contributed by atoms with E-state index in [4.69, 9.17) is 25.8 Å². The molecule has 2 saturated heterocycles. The van der Waals surface area contributed by atoms with Gasteiger partial charge in [-0.3, -0.25) is 0 Å². The average molecular weight is 312 g/mol. The van der Waals surface area contributed by atoms with Crippen LogP contribution in [0.2, 0.25) is 5.02 Å². The summed E-state index contributed by atoms with van der Waals surface area (Å²) in [6, 6.07) is 5.60. The molecule has 1 N–H and O–H groups in total. The maximum Gasteiger partial charge on any atom is 0.124 e. The van der Waals surface area contributed by atoms with Crippen molar-refractivity contribution < 1.29 is 14.2 Å². The van der Waals surface area contributed by atoms with Crippen LogP contribution in [0.3, 0.4) is 0 Å². The summed E-state index contributed by atoms with van der Waals surface area (Å²) >= 11 is 6.04. The van der Waals surface area contributed by atoms with Crippen molar-refractivity contribution in [2.75, 3.05) is 26.8 Å². The van der Waals surface area contributed by atoms with E-state index in [2.05, 4.69) is 5.32 Å². The second kappa shape index (κ2) is 6.53. The smallest absolute Gasteiger partial charge is 0.124 e. The molecule has 2 aliphatic rings. The van der Waals surface area contributed by atoms with E-state index in [0.29, 0.717) is 18.2 Å². The molecular weight excluding hydrogens is 290 g/mol. The van der Waals surface area contributed by atoms with Crippen molar-refractivity contribution >= 4 is 11.6 Å². The Bertz CT molecular complexity index is 488. The minimum Gasteiger partial charge on any atom is -0.496 e. The van der Waals surface area contributed by atoms with Crippen molar-refractivity contribution in [1.82, 2.24) is 5.32 Å². The number of ether oxygens (including phenoxy) is 3. The first kappa shape index (κ1) is 15.1. The van der Waals surface area contributed by atoms with Crippen molar-refractivity contribution in [2.24, 2.45) is 0 Å². The van der Waals surface area contributed by atoms with Crippen molar-refractivity contribution in [2.45, 2.75) is 37.6 Å². The standard InChI is InChI=1S/C16H22ClNO3/c1-19-15-3-2-13(17)8-12(15)10-20-14-9-16(21-11-14)4-6-18-7-5-16/h2-3,8,14,18H,4-7,9-11H2,1H3. The fraction of sp³-hybridized carbons (Fsp3) is 0.625. The molecule has 0 aliphatic carbocycles. The van der Waals surface area contributed by atoms with Crippen molar-refractivity contribution in [3.05, 3.63) is 28.8 Å². The van der Waals surface area contributed by atoms with Gasteiger partial charge < -0.3 is 19.5 Å². The van der Waals surface area contributed by atoms with Gasteiger partial charge in [0.2, 0.25) is 0 Å². The Kier molecular flexibility index (Phi) is 4.69. The Hall–Kier alpha value is -0.810. The van der Waals surface area contributed by atoms with Crippen molar-refractivity contribution in [3.63, 3.8) is 0 Å². The topological polar surface area (TPSA) is 39.7 Å². The van der Waals surface area contributed by atoms with Crippen LogP contribution in [-0.2, 0) is 16.1 Å². The van der Waals surface area contributed by atoms with Gasteiger partial charge in [-0.2, -0.15) is 0 Å². The Morgan fingerprint density at radius 2 is 2.19 bits per heavy atom. The Morgan fingerprint density at radius 1 is 1.38 bits per heavy atom. The predicted molar refractivity (Wildman–Crippen MR) is 82.0 cm³/mol. The average Bonchev–Trinajstić information content (AvgIpc) is 2.89. The summed E-state index contributed by atoms with van der Waals surface area (Å²) < 4.78 is 17.4. The Labute approximate surface area is 130 Å². The van der Waals surface area contributed by atoms with Gasteiger partial charge in [-0.05, 0) is 44.1 Å². The summed E-state index contributed by atoms with van der Waals surface area (Å²) in [6.45, 7) is 3.26. The largest absolute Gasteiger partial charge is 0.496 e. The van der Waals surface area contributed by atoms with Crippen LogP contribution >= 0.6 is 11.6 Å². The zero-order chi connectivity index (χ0) is 14.7. The molecule has 2 fully saturated rings. The predicted octanol–water partition coefficient (Wildman–Crippen LogP) is 2.78. The normalized spacial score (nSPS) is 24.4. The highest BCUT2D eigenvalue weighted by molar-refractivity contribution is 6.30. The number of piperidine rings is 1. The first-order valence-corrected chi connectivity index (χ1v) is 7.87. The quantitative estimate of drug-likeness (QED) is 0.928. The van der Waals surface area contributed by atoms with Gasteiger partial charge in [-0.1, -0.05) is 11.6 Å². The molecule has 0 radical (unpaired) electrons. The zero-order valence-corrected chi connectivity index (χ0v) is 13.1.